The summed E-state index contributed by atoms with van der Waals surface area (Å²) in [6.07, 6.45) is 5.56. The summed E-state index contributed by atoms with van der Waals surface area (Å²) in [4.78, 5) is 47.4. The minimum absolute atomic E-state index is 0.0427. The van der Waals surface area contributed by atoms with Crippen molar-refractivity contribution in [3.63, 3.8) is 0 Å². The molecule has 0 saturated carbocycles. The van der Waals surface area contributed by atoms with Crippen molar-refractivity contribution >= 4 is 40.3 Å². The van der Waals surface area contributed by atoms with Crippen molar-refractivity contribution in [2.75, 3.05) is 31.5 Å². The number of furan rings is 1. The van der Waals surface area contributed by atoms with Crippen LogP contribution < -0.4 is 16.0 Å². The molecule has 11 heteroatoms. The summed E-state index contributed by atoms with van der Waals surface area (Å²) >= 11 is 0. The van der Waals surface area contributed by atoms with Gasteiger partial charge in [-0.1, -0.05) is 18.2 Å². The zero-order valence-corrected chi connectivity index (χ0v) is 23.6. The van der Waals surface area contributed by atoms with Crippen LogP contribution in [0.1, 0.15) is 48.2 Å². The number of amides is 3. The molecule has 2 unspecified atom stereocenters. The second-order valence-electron chi connectivity index (χ2n) is 10.7. The highest BCUT2D eigenvalue weighted by Crippen LogP contribution is 2.23. The molecular formula is C31H35N7O4. The molecule has 5 rings (SSSR count). The van der Waals surface area contributed by atoms with Crippen molar-refractivity contribution in [3.05, 3.63) is 65.9 Å². The van der Waals surface area contributed by atoms with Crippen molar-refractivity contribution in [2.24, 2.45) is 4.99 Å². The molecule has 2 saturated heterocycles. The number of hydrogen-bond donors (Lipinski definition) is 3. The van der Waals surface area contributed by atoms with Gasteiger partial charge in [-0.15, -0.1) is 0 Å². The van der Waals surface area contributed by atoms with E-state index in [1.54, 1.807) is 21.9 Å². The number of nitrogens with zero attached hydrogens (tertiary/aromatic N) is 4. The quantitative estimate of drug-likeness (QED) is 0.171. The average Bonchev–Trinajstić information content (AvgIpc) is 3.58. The van der Waals surface area contributed by atoms with Crippen LogP contribution in [0.3, 0.4) is 0 Å². The molecule has 218 valence electrons. The van der Waals surface area contributed by atoms with Gasteiger partial charge in [-0.3, -0.25) is 19.7 Å². The topological polar surface area (TPSA) is 143 Å². The van der Waals surface area contributed by atoms with Crippen LogP contribution in [0.2, 0.25) is 0 Å². The third-order valence-corrected chi connectivity index (χ3v) is 7.67. The minimum atomic E-state index is -0.733. The summed E-state index contributed by atoms with van der Waals surface area (Å²) in [5, 5.41) is 18.8. The van der Waals surface area contributed by atoms with Crippen LogP contribution in [0.4, 0.5) is 5.69 Å². The summed E-state index contributed by atoms with van der Waals surface area (Å²) in [7, 11) is 0. The van der Waals surface area contributed by atoms with Crippen LogP contribution in [0.15, 0.2) is 64.0 Å². The predicted octanol–water partition coefficient (Wildman–Crippen LogP) is 3.38. The Kier molecular flexibility index (Phi) is 9.02. The van der Waals surface area contributed by atoms with E-state index in [-0.39, 0.29) is 36.3 Å². The van der Waals surface area contributed by atoms with Crippen LogP contribution in [0.5, 0.6) is 0 Å². The van der Waals surface area contributed by atoms with Gasteiger partial charge in [-0.05, 0) is 75.4 Å². The summed E-state index contributed by atoms with van der Waals surface area (Å²) in [5.41, 5.74) is 2.02. The first-order valence-electron chi connectivity index (χ1n) is 14.3. The molecule has 0 radical (unpaired) electrons. The number of fused-ring (bicyclic) bond motifs is 1. The maximum atomic E-state index is 13.6. The van der Waals surface area contributed by atoms with Gasteiger partial charge in [0, 0.05) is 42.3 Å². The third-order valence-electron chi connectivity index (χ3n) is 7.67. The molecule has 0 aliphatic carbocycles. The second-order valence-corrected chi connectivity index (χ2v) is 10.7. The molecule has 3 N–H and O–H groups in total. The molecule has 42 heavy (non-hydrogen) atoms. The Labute approximate surface area is 244 Å². The van der Waals surface area contributed by atoms with Gasteiger partial charge in [-0.2, -0.15) is 5.26 Å². The Balaban J connectivity index is 1.23. The second kappa shape index (κ2) is 13.2. The fraction of sp³-hybridized carbons (Fsp3) is 0.387. The van der Waals surface area contributed by atoms with E-state index in [2.05, 4.69) is 20.9 Å². The van der Waals surface area contributed by atoms with Gasteiger partial charge >= 0.3 is 0 Å². The van der Waals surface area contributed by atoms with E-state index in [0.29, 0.717) is 37.3 Å². The molecule has 0 bridgehead atoms. The Bertz CT molecular complexity index is 1510. The number of aryl methyl sites for hydroxylation is 1. The number of carbonyl (C=O) groups is 3. The lowest BCUT2D eigenvalue weighted by molar-refractivity contribution is -0.141. The number of nitrogens with one attached hydrogen (secondary N) is 3. The monoisotopic (exact) mass is 569 g/mol. The van der Waals surface area contributed by atoms with Crippen molar-refractivity contribution in [1.82, 2.24) is 20.4 Å². The highest BCUT2D eigenvalue weighted by Gasteiger charge is 2.33. The first-order valence-corrected chi connectivity index (χ1v) is 14.3. The predicted molar refractivity (Wildman–Crippen MR) is 158 cm³/mol. The zero-order chi connectivity index (χ0) is 29.5. The molecule has 2 aliphatic heterocycles. The van der Waals surface area contributed by atoms with Crippen LogP contribution in [-0.4, -0.2) is 71.7 Å². The van der Waals surface area contributed by atoms with Gasteiger partial charge in [0.05, 0.1) is 6.54 Å². The molecule has 2 aliphatic rings. The molecule has 1 aromatic heterocycles. The number of likely N-dealkylation sites (tertiary alicyclic amines) is 2. The highest BCUT2D eigenvalue weighted by atomic mass is 16.3. The largest absolute Gasteiger partial charge is 0.461 e. The number of guanidine groups is 1. The number of hydrogen-bond acceptors (Lipinski definition) is 6. The lowest BCUT2D eigenvalue weighted by Crippen LogP contribution is -2.49. The summed E-state index contributed by atoms with van der Waals surface area (Å²) in [6.45, 7) is 3.25. The highest BCUT2D eigenvalue weighted by molar-refractivity contribution is 5.98. The van der Waals surface area contributed by atoms with E-state index in [4.69, 9.17) is 4.42 Å². The standard InChI is InChI=1S/C31H35N7O4/c1-21-16-23-17-24(12-13-27(23)42-21)35-31(34-20-32)36-26-11-5-6-14-37(30(26)41)19-28(39)38-15-7-10-25(38)18-33-29(40)22-8-3-2-4-9-22/h2-4,8-9,12-13,16-17,25-26H,5-7,10-11,14-15,18-19H2,1H3,(H,33,40)(H2,34,35,36). The number of carbonyl (C=O) groups excluding carboxylic acids is 3. The third kappa shape index (κ3) is 6.89. The summed E-state index contributed by atoms with van der Waals surface area (Å²) in [5.74, 6) is 0.406. The Morgan fingerprint density at radius 1 is 1.07 bits per heavy atom. The van der Waals surface area contributed by atoms with E-state index in [0.717, 1.165) is 42.4 Å². The summed E-state index contributed by atoms with van der Waals surface area (Å²) < 4.78 is 5.63. The fourth-order valence-corrected chi connectivity index (χ4v) is 5.59. The number of nitriles is 1. The average molecular weight is 570 g/mol. The maximum absolute atomic E-state index is 13.6. The zero-order valence-electron chi connectivity index (χ0n) is 23.6. The van der Waals surface area contributed by atoms with Crippen LogP contribution >= 0.6 is 0 Å². The SMILES string of the molecule is Cc1cc2cc(NC(=NC3CCCCN(CC(=O)N4CCCC4CNC(=O)c4ccccc4)C3=O)NC#N)ccc2o1. The molecule has 2 aromatic carbocycles. The van der Waals surface area contributed by atoms with Crippen LogP contribution in [-0.2, 0) is 9.59 Å². The molecule has 2 atom stereocenters. The minimum Gasteiger partial charge on any atom is -0.461 e. The van der Waals surface area contributed by atoms with Gasteiger partial charge in [-0.25, -0.2) is 4.99 Å². The van der Waals surface area contributed by atoms with Crippen LogP contribution in [0, 0.1) is 18.4 Å². The smallest absolute Gasteiger partial charge is 0.251 e. The molecule has 2 fully saturated rings. The number of rotatable bonds is 7. The first-order chi connectivity index (χ1) is 20.4. The number of aliphatic imine (C=N–C) groups is 1. The Morgan fingerprint density at radius 3 is 2.71 bits per heavy atom. The molecule has 11 nitrogen and oxygen atoms in total. The maximum Gasteiger partial charge on any atom is 0.251 e. The lowest BCUT2D eigenvalue weighted by Gasteiger charge is -2.29. The Hall–Kier alpha value is -4.85. The van der Waals surface area contributed by atoms with E-state index in [1.165, 1.54) is 0 Å². The lowest BCUT2D eigenvalue weighted by atomic mass is 10.1. The molecular weight excluding hydrogens is 534 g/mol. The van der Waals surface area contributed by atoms with E-state index >= 15 is 0 Å². The van der Waals surface area contributed by atoms with E-state index < -0.39 is 6.04 Å². The van der Waals surface area contributed by atoms with Gasteiger partial charge < -0.3 is 24.9 Å². The van der Waals surface area contributed by atoms with Gasteiger partial charge in [0.2, 0.25) is 17.8 Å². The molecule has 3 heterocycles. The first kappa shape index (κ1) is 28.7. The van der Waals surface area contributed by atoms with Crippen LogP contribution in [0.25, 0.3) is 11.0 Å². The van der Waals surface area contributed by atoms with Gasteiger partial charge in [0.25, 0.3) is 5.91 Å². The van der Waals surface area contributed by atoms with E-state index in [1.807, 2.05) is 55.6 Å². The molecule has 3 aromatic rings. The van der Waals surface area contributed by atoms with Gasteiger partial charge in [0.15, 0.2) is 6.19 Å². The van der Waals surface area contributed by atoms with E-state index in [9.17, 15) is 19.6 Å². The van der Waals surface area contributed by atoms with Crippen molar-refractivity contribution in [3.8, 4) is 6.19 Å². The van der Waals surface area contributed by atoms with Crippen molar-refractivity contribution in [2.45, 2.75) is 51.1 Å². The van der Waals surface area contributed by atoms with Gasteiger partial charge in [0.1, 0.15) is 17.4 Å². The number of anilines is 1. The Morgan fingerprint density at radius 2 is 1.90 bits per heavy atom. The molecule has 3 amide bonds. The fourth-order valence-electron chi connectivity index (χ4n) is 5.59. The van der Waals surface area contributed by atoms with Crippen molar-refractivity contribution < 1.29 is 18.8 Å². The normalized spacial score (nSPS) is 19.3. The number of benzene rings is 2. The summed E-state index contributed by atoms with van der Waals surface area (Å²) in [6, 6.07) is 15.6. The molecule has 0 spiro atoms. The van der Waals surface area contributed by atoms with Crippen molar-refractivity contribution in [1.29, 1.82) is 5.26 Å².